The predicted molar refractivity (Wildman–Crippen MR) is 83.7 cm³/mol. The molecule has 4 nitrogen and oxygen atoms in total. The van der Waals surface area contributed by atoms with Crippen LogP contribution in [0, 0.1) is 0 Å². The van der Waals surface area contributed by atoms with Gasteiger partial charge < -0.3 is 5.32 Å². The Morgan fingerprint density at radius 3 is 2.50 bits per heavy atom. The monoisotopic (exact) mass is 278 g/mol. The molecule has 4 heteroatoms. The normalized spacial score (nSPS) is 21.6. The van der Waals surface area contributed by atoms with E-state index in [0.29, 0.717) is 6.04 Å². The van der Waals surface area contributed by atoms with E-state index in [9.17, 15) is 0 Å². The zero-order valence-corrected chi connectivity index (χ0v) is 13.5. The second-order valence-corrected chi connectivity index (χ2v) is 6.20. The Morgan fingerprint density at radius 1 is 1.30 bits per heavy atom. The highest BCUT2D eigenvalue weighted by molar-refractivity contribution is 5.17. The molecule has 0 amide bonds. The van der Waals surface area contributed by atoms with Crippen LogP contribution < -0.4 is 5.32 Å². The third kappa shape index (κ3) is 3.07. The standard InChI is InChI=1S/C16H30N4/c1-5-16(3,20-10-8-7-9-11-20)15(17-6-2)14-12-18-19(4)13-14/h12-13,15,17H,5-11H2,1-4H3. The van der Waals surface area contributed by atoms with Crippen LogP contribution in [0.15, 0.2) is 12.4 Å². The van der Waals surface area contributed by atoms with E-state index >= 15 is 0 Å². The van der Waals surface area contributed by atoms with E-state index in [-0.39, 0.29) is 5.54 Å². The third-order valence-corrected chi connectivity index (χ3v) is 4.88. The summed E-state index contributed by atoms with van der Waals surface area (Å²) in [5.74, 6) is 0. The summed E-state index contributed by atoms with van der Waals surface area (Å²) in [7, 11) is 2.00. The van der Waals surface area contributed by atoms with Crippen molar-refractivity contribution in [1.82, 2.24) is 20.0 Å². The Bertz CT molecular complexity index is 408. The maximum absolute atomic E-state index is 4.37. The fraction of sp³-hybridized carbons (Fsp3) is 0.812. The van der Waals surface area contributed by atoms with Crippen molar-refractivity contribution in [2.75, 3.05) is 19.6 Å². The highest BCUT2D eigenvalue weighted by atomic mass is 15.3. The first-order chi connectivity index (χ1) is 9.61. The van der Waals surface area contributed by atoms with Crippen molar-refractivity contribution in [3.63, 3.8) is 0 Å². The molecule has 0 aliphatic carbocycles. The number of nitrogens with one attached hydrogen (secondary N) is 1. The summed E-state index contributed by atoms with van der Waals surface area (Å²) in [6.45, 7) is 10.4. The van der Waals surface area contributed by atoms with Crippen LogP contribution >= 0.6 is 0 Å². The van der Waals surface area contributed by atoms with E-state index in [1.54, 1.807) is 0 Å². The van der Waals surface area contributed by atoms with Gasteiger partial charge >= 0.3 is 0 Å². The van der Waals surface area contributed by atoms with Gasteiger partial charge in [-0.25, -0.2) is 0 Å². The molecule has 1 aliphatic heterocycles. The Kier molecular flexibility index (Phi) is 5.22. The van der Waals surface area contributed by atoms with Crippen LogP contribution in [0.25, 0.3) is 0 Å². The molecular weight excluding hydrogens is 248 g/mol. The average molecular weight is 278 g/mol. The minimum atomic E-state index is 0.166. The van der Waals surface area contributed by atoms with Crippen molar-refractivity contribution >= 4 is 0 Å². The molecule has 2 atom stereocenters. The Hall–Kier alpha value is -0.870. The van der Waals surface area contributed by atoms with Gasteiger partial charge in [-0.05, 0) is 45.8 Å². The predicted octanol–water partition coefficient (Wildman–Crippen LogP) is 2.73. The quantitative estimate of drug-likeness (QED) is 0.868. The third-order valence-electron chi connectivity index (χ3n) is 4.88. The van der Waals surface area contributed by atoms with Gasteiger partial charge in [-0.15, -0.1) is 0 Å². The van der Waals surface area contributed by atoms with Crippen molar-refractivity contribution in [1.29, 1.82) is 0 Å². The first kappa shape index (κ1) is 15.5. The number of piperidine rings is 1. The molecule has 0 aromatic carbocycles. The molecule has 0 spiro atoms. The molecule has 1 aromatic rings. The van der Waals surface area contributed by atoms with Gasteiger partial charge in [0.1, 0.15) is 0 Å². The minimum Gasteiger partial charge on any atom is -0.309 e. The van der Waals surface area contributed by atoms with Crippen molar-refractivity contribution in [3.05, 3.63) is 18.0 Å². The van der Waals surface area contributed by atoms with E-state index in [1.165, 1.54) is 37.9 Å². The fourth-order valence-corrected chi connectivity index (χ4v) is 3.51. The summed E-state index contributed by atoms with van der Waals surface area (Å²) < 4.78 is 1.91. The lowest BCUT2D eigenvalue weighted by molar-refractivity contribution is 0.0429. The summed E-state index contributed by atoms with van der Waals surface area (Å²) >= 11 is 0. The van der Waals surface area contributed by atoms with E-state index in [2.05, 4.69) is 42.3 Å². The lowest BCUT2D eigenvalue weighted by Gasteiger charge is -2.48. The molecule has 1 N–H and O–H groups in total. The van der Waals surface area contributed by atoms with Gasteiger partial charge in [0.25, 0.3) is 0 Å². The number of nitrogens with zero attached hydrogens (tertiary/aromatic N) is 3. The number of likely N-dealkylation sites (tertiary alicyclic amines) is 1. The van der Waals surface area contributed by atoms with Crippen LogP contribution in [-0.4, -0.2) is 39.9 Å². The molecule has 1 fully saturated rings. The number of hydrogen-bond donors (Lipinski definition) is 1. The maximum atomic E-state index is 4.37. The van der Waals surface area contributed by atoms with Gasteiger partial charge in [0, 0.05) is 24.3 Å². The summed E-state index contributed by atoms with van der Waals surface area (Å²) in [6.07, 6.45) is 9.38. The Labute approximate surface area is 123 Å². The SMILES string of the molecule is CCNC(c1cnn(C)c1)C(C)(CC)N1CCCCC1. The smallest absolute Gasteiger partial charge is 0.0538 e. The lowest BCUT2D eigenvalue weighted by atomic mass is 9.82. The highest BCUT2D eigenvalue weighted by Crippen LogP contribution is 2.35. The minimum absolute atomic E-state index is 0.166. The van der Waals surface area contributed by atoms with Crippen LogP contribution in [0.2, 0.25) is 0 Å². The first-order valence-electron chi connectivity index (χ1n) is 8.08. The van der Waals surface area contributed by atoms with Gasteiger partial charge in [-0.3, -0.25) is 9.58 Å². The molecule has 0 radical (unpaired) electrons. The largest absolute Gasteiger partial charge is 0.309 e. The summed E-state index contributed by atoms with van der Waals surface area (Å²) in [5, 5.41) is 8.08. The lowest BCUT2D eigenvalue weighted by Crippen LogP contribution is -2.55. The molecule has 20 heavy (non-hydrogen) atoms. The van der Waals surface area contributed by atoms with E-state index in [0.717, 1.165) is 13.0 Å². The molecule has 1 saturated heterocycles. The van der Waals surface area contributed by atoms with E-state index in [1.807, 2.05) is 17.9 Å². The van der Waals surface area contributed by atoms with Gasteiger partial charge in [-0.1, -0.05) is 20.3 Å². The van der Waals surface area contributed by atoms with E-state index < -0.39 is 0 Å². The van der Waals surface area contributed by atoms with E-state index in [4.69, 9.17) is 0 Å². The van der Waals surface area contributed by atoms with Crippen molar-refractivity contribution in [3.8, 4) is 0 Å². The number of aryl methyl sites for hydroxylation is 1. The molecular formula is C16H30N4. The first-order valence-corrected chi connectivity index (χ1v) is 8.08. The van der Waals surface area contributed by atoms with Crippen LogP contribution in [0.5, 0.6) is 0 Å². The van der Waals surface area contributed by atoms with Crippen molar-refractivity contribution in [2.24, 2.45) is 7.05 Å². The number of rotatable bonds is 6. The highest BCUT2D eigenvalue weighted by Gasteiger charge is 2.39. The topological polar surface area (TPSA) is 33.1 Å². The number of aromatic nitrogens is 2. The summed E-state index contributed by atoms with van der Waals surface area (Å²) in [5.41, 5.74) is 1.48. The van der Waals surface area contributed by atoms with Gasteiger partial charge in [0.05, 0.1) is 12.2 Å². The second kappa shape index (κ2) is 6.72. The molecule has 0 bridgehead atoms. The molecule has 114 valence electrons. The molecule has 2 heterocycles. The Morgan fingerprint density at radius 2 is 2.00 bits per heavy atom. The second-order valence-electron chi connectivity index (χ2n) is 6.20. The zero-order valence-electron chi connectivity index (χ0n) is 13.5. The van der Waals surface area contributed by atoms with Gasteiger partial charge in [0.2, 0.25) is 0 Å². The maximum Gasteiger partial charge on any atom is 0.0538 e. The number of hydrogen-bond acceptors (Lipinski definition) is 3. The summed E-state index contributed by atoms with van der Waals surface area (Å²) in [4.78, 5) is 2.69. The van der Waals surface area contributed by atoms with Gasteiger partial charge in [-0.2, -0.15) is 5.10 Å². The fourth-order valence-electron chi connectivity index (χ4n) is 3.51. The van der Waals surface area contributed by atoms with Crippen molar-refractivity contribution in [2.45, 2.75) is 58.0 Å². The summed E-state index contributed by atoms with van der Waals surface area (Å²) in [6, 6.07) is 0.351. The van der Waals surface area contributed by atoms with Gasteiger partial charge in [0.15, 0.2) is 0 Å². The molecule has 2 rings (SSSR count). The van der Waals surface area contributed by atoms with Crippen LogP contribution in [-0.2, 0) is 7.05 Å². The molecule has 2 unspecified atom stereocenters. The zero-order chi connectivity index (χ0) is 14.6. The van der Waals surface area contributed by atoms with Crippen LogP contribution in [0.1, 0.15) is 58.1 Å². The Balaban J connectivity index is 2.27. The molecule has 1 aromatic heterocycles. The average Bonchev–Trinajstić information content (AvgIpc) is 2.91. The van der Waals surface area contributed by atoms with Crippen LogP contribution in [0.4, 0.5) is 0 Å². The molecule has 1 aliphatic rings. The van der Waals surface area contributed by atoms with Crippen LogP contribution in [0.3, 0.4) is 0 Å². The number of likely N-dealkylation sites (N-methyl/N-ethyl adjacent to an activating group) is 1. The molecule has 0 saturated carbocycles. The van der Waals surface area contributed by atoms with Crippen molar-refractivity contribution < 1.29 is 0 Å².